The molecule has 1 aromatic carbocycles. The minimum Gasteiger partial charge on any atom is -0.497 e. The number of methoxy groups -OCH3 is 1. The summed E-state index contributed by atoms with van der Waals surface area (Å²) in [5.74, 6) is 0.777. The van der Waals surface area contributed by atoms with Crippen LogP contribution in [0.1, 0.15) is 36.5 Å². The van der Waals surface area contributed by atoms with E-state index in [1.54, 1.807) is 18.4 Å². The highest BCUT2D eigenvalue weighted by Crippen LogP contribution is 2.36. The van der Waals surface area contributed by atoms with E-state index >= 15 is 0 Å². The van der Waals surface area contributed by atoms with Gasteiger partial charge in [-0.1, -0.05) is 12.1 Å². The molecule has 1 aromatic heterocycles. The third-order valence-corrected chi connectivity index (χ3v) is 5.76. The average molecular weight is 375 g/mol. The van der Waals surface area contributed by atoms with Crippen LogP contribution >= 0.6 is 11.3 Å². The van der Waals surface area contributed by atoms with Gasteiger partial charge >= 0.3 is 0 Å². The van der Waals surface area contributed by atoms with Crippen molar-refractivity contribution in [1.29, 1.82) is 0 Å². The summed E-state index contributed by atoms with van der Waals surface area (Å²) in [5, 5.41) is 17.1. The predicted molar refractivity (Wildman–Crippen MR) is 102 cm³/mol. The van der Waals surface area contributed by atoms with Crippen molar-refractivity contribution >= 4 is 17.2 Å². The number of carbonyl (C=O) groups is 1. The monoisotopic (exact) mass is 375 g/mol. The van der Waals surface area contributed by atoms with Crippen LogP contribution in [0.25, 0.3) is 0 Å². The highest BCUT2D eigenvalue weighted by Gasteiger charge is 2.41. The first-order valence-electron chi connectivity index (χ1n) is 8.86. The molecule has 1 atom stereocenters. The molecule has 0 aliphatic carbocycles. The van der Waals surface area contributed by atoms with E-state index in [9.17, 15) is 9.90 Å². The van der Waals surface area contributed by atoms with Crippen molar-refractivity contribution in [3.63, 3.8) is 0 Å². The smallest absolute Gasteiger partial charge is 0.230 e. The number of ether oxygens (including phenoxy) is 2. The molecule has 2 aromatic rings. The van der Waals surface area contributed by atoms with Crippen LogP contribution in [0.5, 0.6) is 5.75 Å². The van der Waals surface area contributed by atoms with Crippen LogP contribution < -0.4 is 10.1 Å². The van der Waals surface area contributed by atoms with Crippen molar-refractivity contribution < 1.29 is 19.4 Å². The highest BCUT2D eigenvalue weighted by molar-refractivity contribution is 7.07. The lowest BCUT2D eigenvalue weighted by molar-refractivity contribution is -0.130. The Bertz CT molecular complexity index is 693. The topological polar surface area (TPSA) is 67.8 Å². The van der Waals surface area contributed by atoms with Gasteiger partial charge in [0.2, 0.25) is 5.91 Å². The van der Waals surface area contributed by atoms with Gasteiger partial charge in [-0.3, -0.25) is 4.79 Å². The zero-order valence-corrected chi connectivity index (χ0v) is 15.8. The lowest BCUT2D eigenvalue weighted by Gasteiger charge is -2.36. The summed E-state index contributed by atoms with van der Waals surface area (Å²) in [6.07, 6.45) is 1.25. The fourth-order valence-electron chi connectivity index (χ4n) is 3.40. The quantitative estimate of drug-likeness (QED) is 0.781. The Morgan fingerprint density at radius 3 is 2.65 bits per heavy atom. The van der Waals surface area contributed by atoms with Gasteiger partial charge in [-0.05, 0) is 59.3 Å². The summed E-state index contributed by atoms with van der Waals surface area (Å²) in [4.78, 5) is 13.1. The maximum absolute atomic E-state index is 13.1. The van der Waals surface area contributed by atoms with E-state index in [2.05, 4.69) is 5.32 Å². The number of carbonyl (C=O) groups excluding carboxylic acids is 1. The van der Waals surface area contributed by atoms with Gasteiger partial charge < -0.3 is 19.9 Å². The molecular weight excluding hydrogens is 350 g/mol. The molecule has 0 radical (unpaired) electrons. The van der Waals surface area contributed by atoms with E-state index < -0.39 is 11.5 Å². The van der Waals surface area contributed by atoms with Gasteiger partial charge in [0.15, 0.2) is 0 Å². The van der Waals surface area contributed by atoms with Crippen LogP contribution in [0.4, 0.5) is 0 Å². The van der Waals surface area contributed by atoms with E-state index in [4.69, 9.17) is 9.47 Å². The first-order valence-corrected chi connectivity index (χ1v) is 9.81. The molecule has 6 heteroatoms. The van der Waals surface area contributed by atoms with Crippen molar-refractivity contribution in [2.75, 3.05) is 26.9 Å². The minimum absolute atomic E-state index is 0.00323. The predicted octanol–water partition coefficient (Wildman–Crippen LogP) is 3.04. The summed E-state index contributed by atoms with van der Waals surface area (Å²) >= 11 is 1.56. The zero-order chi connectivity index (χ0) is 18.4. The molecule has 1 amide bonds. The van der Waals surface area contributed by atoms with Crippen molar-refractivity contribution in [2.24, 2.45) is 0 Å². The van der Waals surface area contributed by atoms with Crippen molar-refractivity contribution in [3.05, 3.63) is 52.2 Å². The fraction of sp³-hybridized carbons (Fsp3) is 0.450. The Hall–Kier alpha value is -1.89. The number of hydrogen-bond acceptors (Lipinski definition) is 5. The number of aliphatic hydroxyl groups excluding tert-OH is 1. The van der Waals surface area contributed by atoms with Crippen LogP contribution in [0.15, 0.2) is 41.1 Å². The van der Waals surface area contributed by atoms with Gasteiger partial charge in [-0.15, -0.1) is 0 Å². The molecule has 2 heterocycles. The summed E-state index contributed by atoms with van der Waals surface area (Å²) in [6.45, 7) is 1.57. The van der Waals surface area contributed by atoms with Crippen LogP contribution in [-0.2, 0) is 14.9 Å². The van der Waals surface area contributed by atoms with Gasteiger partial charge in [0.25, 0.3) is 0 Å². The van der Waals surface area contributed by atoms with Crippen LogP contribution in [0, 0.1) is 0 Å². The summed E-state index contributed by atoms with van der Waals surface area (Å²) in [6, 6.07) is 9.61. The lowest BCUT2D eigenvalue weighted by Crippen LogP contribution is -2.48. The van der Waals surface area contributed by atoms with Crippen LogP contribution in [0.2, 0.25) is 0 Å². The summed E-state index contributed by atoms with van der Waals surface area (Å²) in [5.41, 5.74) is 1.30. The van der Waals surface area contributed by atoms with E-state index in [0.717, 1.165) is 16.9 Å². The molecule has 0 bridgehead atoms. The molecule has 1 unspecified atom stereocenters. The van der Waals surface area contributed by atoms with Gasteiger partial charge in [-0.2, -0.15) is 11.3 Å². The maximum atomic E-state index is 13.1. The van der Waals surface area contributed by atoms with E-state index in [0.29, 0.717) is 39.0 Å². The Kier molecular flexibility index (Phi) is 6.29. The highest BCUT2D eigenvalue weighted by atomic mass is 32.1. The SMILES string of the molecule is COc1ccc(C2(C(=O)NCCC(O)c3ccsc3)CCOCC2)cc1. The van der Waals surface area contributed by atoms with Gasteiger partial charge in [0, 0.05) is 19.8 Å². The number of amides is 1. The molecular formula is C20H25NO4S. The Morgan fingerprint density at radius 2 is 2.04 bits per heavy atom. The number of rotatable bonds is 7. The molecule has 1 aliphatic rings. The molecule has 1 saturated heterocycles. The first-order chi connectivity index (χ1) is 12.7. The molecule has 2 N–H and O–H groups in total. The first kappa shape index (κ1) is 18.9. The molecule has 0 saturated carbocycles. The van der Waals surface area contributed by atoms with Crippen molar-refractivity contribution in [1.82, 2.24) is 5.32 Å². The van der Waals surface area contributed by atoms with Crippen molar-refractivity contribution in [3.8, 4) is 5.75 Å². The Labute approximate surface area is 158 Å². The molecule has 140 valence electrons. The van der Waals surface area contributed by atoms with Crippen LogP contribution in [0.3, 0.4) is 0 Å². The number of thiophene rings is 1. The van der Waals surface area contributed by atoms with E-state index in [-0.39, 0.29) is 5.91 Å². The molecule has 3 rings (SSSR count). The van der Waals surface area contributed by atoms with Gasteiger partial charge in [-0.25, -0.2) is 0 Å². The van der Waals surface area contributed by atoms with Crippen LogP contribution in [-0.4, -0.2) is 37.9 Å². The van der Waals surface area contributed by atoms with Gasteiger partial charge in [0.05, 0.1) is 18.6 Å². The minimum atomic E-state index is -0.585. The van der Waals surface area contributed by atoms with Crippen molar-refractivity contribution in [2.45, 2.75) is 30.8 Å². The maximum Gasteiger partial charge on any atom is 0.230 e. The number of hydrogen-bond donors (Lipinski definition) is 2. The van der Waals surface area contributed by atoms with E-state index in [1.165, 1.54) is 0 Å². The number of aliphatic hydroxyl groups is 1. The third kappa shape index (κ3) is 4.09. The Morgan fingerprint density at radius 1 is 1.31 bits per heavy atom. The second-order valence-corrected chi connectivity index (χ2v) is 7.32. The average Bonchev–Trinajstić information content (AvgIpc) is 3.23. The number of nitrogens with one attached hydrogen (secondary N) is 1. The molecule has 5 nitrogen and oxygen atoms in total. The van der Waals surface area contributed by atoms with Gasteiger partial charge in [0.1, 0.15) is 5.75 Å². The number of benzene rings is 1. The largest absolute Gasteiger partial charge is 0.497 e. The van der Waals surface area contributed by atoms with E-state index in [1.807, 2.05) is 41.1 Å². The second-order valence-electron chi connectivity index (χ2n) is 6.54. The molecule has 1 fully saturated rings. The molecule has 0 spiro atoms. The summed E-state index contributed by atoms with van der Waals surface area (Å²) < 4.78 is 10.7. The second kappa shape index (κ2) is 8.66. The molecule has 1 aliphatic heterocycles. The zero-order valence-electron chi connectivity index (χ0n) is 14.9. The summed E-state index contributed by atoms with van der Waals surface area (Å²) in [7, 11) is 1.63. The fourth-order valence-corrected chi connectivity index (χ4v) is 4.11. The standard InChI is InChI=1S/C20H25NO4S/c1-24-17-4-2-16(3-5-17)20(8-11-25-12-9-20)19(23)21-10-6-18(22)15-7-13-26-14-15/h2-5,7,13-14,18,22H,6,8-12H2,1H3,(H,21,23). The normalized spacial score (nSPS) is 17.5. The Balaban J connectivity index is 1.67. The molecule has 26 heavy (non-hydrogen) atoms. The third-order valence-electron chi connectivity index (χ3n) is 5.05. The lowest BCUT2D eigenvalue weighted by atomic mass is 9.73.